The smallest absolute Gasteiger partial charge is 0.234 e. The first-order valence-corrected chi connectivity index (χ1v) is 8.25. The van der Waals surface area contributed by atoms with E-state index in [2.05, 4.69) is 29.3 Å². The van der Waals surface area contributed by atoms with Crippen LogP contribution in [0.1, 0.15) is 31.7 Å². The van der Waals surface area contributed by atoms with Crippen molar-refractivity contribution in [2.75, 3.05) is 32.8 Å². The first kappa shape index (κ1) is 17.0. The summed E-state index contributed by atoms with van der Waals surface area (Å²) in [5.74, 6) is 0.0928. The molecule has 2 N–H and O–H groups in total. The minimum atomic E-state index is -0.0498. The van der Waals surface area contributed by atoms with Gasteiger partial charge in [-0.15, -0.1) is 0 Å². The average Bonchev–Trinajstić information content (AvgIpc) is 2.53. The summed E-state index contributed by atoms with van der Waals surface area (Å²) in [6, 6.07) is 10.3. The van der Waals surface area contributed by atoms with E-state index in [0.29, 0.717) is 6.54 Å². The number of piperidine rings is 1. The number of likely N-dealkylation sites (tertiary alicyclic amines) is 1. The fourth-order valence-electron chi connectivity index (χ4n) is 3.12. The van der Waals surface area contributed by atoms with E-state index in [-0.39, 0.29) is 17.9 Å². The Morgan fingerprint density at radius 1 is 1.36 bits per heavy atom. The number of aryl methyl sites for hydroxylation is 1. The summed E-state index contributed by atoms with van der Waals surface area (Å²) < 4.78 is 0. The topological polar surface area (TPSA) is 52.6 Å². The maximum absolute atomic E-state index is 12.0. The lowest BCUT2D eigenvalue weighted by atomic mass is 9.83. The minimum absolute atomic E-state index is 0.0498. The van der Waals surface area contributed by atoms with Crippen LogP contribution >= 0.6 is 0 Å². The van der Waals surface area contributed by atoms with Crippen LogP contribution in [0.4, 0.5) is 0 Å². The lowest BCUT2D eigenvalue weighted by Gasteiger charge is -2.38. The van der Waals surface area contributed by atoms with Gasteiger partial charge in [-0.3, -0.25) is 9.69 Å². The Hall–Kier alpha value is -1.39. The Balaban J connectivity index is 1.63. The Labute approximate surface area is 133 Å². The standard InChI is InChI=1S/C18H28N2O2/c1-18(15-21)10-6-12-20(14-18)13-17(22)19-11-5-9-16-7-3-2-4-8-16/h2-4,7-8,21H,5-6,9-15H2,1H3,(H,19,22). The quantitative estimate of drug-likeness (QED) is 0.756. The molecular weight excluding hydrogens is 276 g/mol. The molecule has 0 aliphatic carbocycles. The maximum atomic E-state index is 12.0. The first-order valence-electron chi connectivity index (χ1n) is 8.25. The van der Waals surface area contributed by atoms with E-state index in [1.807, 2.05) is 18.2 Å². The second-order valence-corrected chi connectivity index (χ2v) is 6.72. The van der Waals surface area contributed by atoms with Crippen molar-refractivity contribution in [1.29, 1.82) is 0 Å². The molecule has 1 aromatic rings. The van der Waals surface area contributed by atoms with Crippen LogP contribution in [0.15, 0.2) is 30.3 Å². The summed E-state index contributed by atoms with van der Waals surface area (Å²) in [5.41, 5.74) is 1.26. The summed E-state index contributed by atoms with van der Waals surface area (Å²) in [7, 11) is 0. The van der Waals surface area contributed by atoms with Crippen LogP contribution < -0.4 is 5.32 Å². The molecule has 1 aromatic carbocycles. The van der Waals surface area contributed by atoms with Crippen molar-refractivity contribution in [3.05, 3.63) is 35.9 Å². The van der Waals surface area contributed by atoms with Crippen LogP contribution in [0, 0.1) is 5.41 Å². The number of hydrogen-bond donors (Lipinski definition) is 2. The summed E-state index contributed by atoms with van der Waals surface area (Å²) in [6.45, 7) is 5.22. The van der Waals surface area contributed by atoms with Gasteiger partial charge in [-0.05, 0) is 37.8 Å². The Bertz CT molecular complexity index is 463. The van der Waals surface area contributed by atoms with E-state index in [4.69, 9.17) is 0 Å². The summed E-state index contributed by atoms with van der Waals surface area (Å²) in [4.78, 5) is 14.2. The third kappa shape index (κ3) is 5.43. The second kappa shape index (κ2) is 8.30. The number of benzene rings is 1. The molecule has 4 heteroatoms. The molecule has 1 heterocycles. The highest BCUT2D eigenvalue weighted by Gasteiger charge is 2.30. The van der Waals surface area contributed by atoms with Gasteiger partial charge in [0.1, 0.15) is 0 Å². The van der Waals surface area contributed by atoms with E-state index in [1.54, 1.807) is 0 Å². The number of aliphatic hydroxyl groups is 1. The van der Waals surface area contributed by atoms with Gasteiger partial charge in [0.15, 0.2) is 0 Å². The molecular formula is C18H28N2O2. The van der Waals surface area contributed by atoms with Gasteiger partial charge < -0.3 is 10.4 Å². The monoisotopic (exact) mass is 304 g/mol. The van der Waals surface area contributed by atoms with Gasteiger partial charge >= 0.3 is 0 Å². The van der Waals surface area contributed by atoms with Gasteiger partial charge in [-0.25, -0.2) is 0 Å². The number of aliphatic hydroxyl groups excluding tert-OH is 1. The van der Waals surface area contributed by atoms with Crippen LogP contribution in [0.25, 0.3) is 0 Å². The van der Waals surface area contributed by atoms with Gasteiger partial charge in [0, 0.05) is 25.1 Å². The van der Waals surface area contributed by atoms with Crippen LogP contribution in [0.2, 0.25) is 0 Å². The third-order valence-corrected chi connectivity index (χ3v) is 4.42. The number of carbonyl (C=O) groups is 1. The molecule has 122 valence electrons. The minimum Gasteiger partial charge on any atom is -0.396 e. The van der Waals surface area contributed by atoms with Gasteiger partial charge in [0.25, 0.3) is 0 Å². The number of nitrogens with one attached hydrogen (secondary N) is 1. The molecule has 1 saturated heterocycles. The van der Waals surface area contributed by atoms with Crippen molar-refractivity contribution >= 4 is 5.91 Å². The van der Waals surface area contributed by atoms with Crippen molar-refractivity contribution in [1.82, 2.24) is 10.2 Å². The zero-order chi connectivity index (χ0) is 15.8. The second-order valence-electron chi connectivity index (χ2n) is 6.72. The highest BCUT2D eigenvalue weighted by molar-refractivity contribution is 5.78. The molecule has 0 radical (unpaired) electrons. The fourth-order valence-corrected chi connectivity index (χ4v) is 3.12. The number of nitrogens with zero attached hydrogens (tertiary/aromatic N) is 1. The largest absolute Gasteiger partial charge is 0.396 e. The van der Waals surface area contributed by atoms with E-state index >= 15 is 0 Å². The van der Waals surface area contributed by atoms with Crippen molar-refractivity contribution in [3.8, 4) is 0 Å². The molecule has 1 amide bonds. The molecule has 2 rings (SSSR count). The highest BCUT2D eigenvalue weighted by Crippen LogP contribution is 2.28. The average molecular weight is 304 g/mol. The number of carbonyl (C=O) groups excluding carboxylic acids is 1. The summed E-state index contributed by atoms with van der Waals surface area (Å²) in [5, 5.41) is 12.5. The Morgan fingerprint density at radius 2 is 2.14 bits per heavy atom. The highest BCUT2D eigenvalue weighted by atomic mass is 16.3. The van der Waals surface area contributed by atoms with Crippen LogP contribution in [0.5, 0.6) is 0 Å². The molecule has 0 saturated carbocycles. The van der Waals surface area contributed by atoms with Crippen molar-refractivity contribution in [2.45, 2.75) is 32.6 Å². The molecule has 1 unspecified atom stereocenters. The Kier molecular flexibility index (Phi) is 6.40. The van der Waals surface area contributed by atoms with Gasteiger partial charge in [-0.2, -0.15) is 0 Å². The third-order valence-electron chi connectivity index (χ3n) is 4.42. The van der Waals surface area contributed by atoms with E-state index in [9.17, 15) is 9.90 Å². The summed E-state index contributed by atoms with van der Waals surface area (Å²) in [6.07, 6.45) is 4.05. The summed E-state index contributed by atoms with van der Waals surface area (Å²) >= 11 is 0. The van der Waals surface area contributed by atoms with E-state index in [0.717, 1.165) is 45.3 Å². The lowest BCUT2D eigenvalue weighted by Crippen LogP contribution is -2.47. The normalized spacial score (nSPS) is 22.5. The molecule has 0 spiro atoms. The van der Waals surface area contributed by atoms with E-state index in [1.165, 1.54) is 5.56 Å². The fraction of sp³-hybridized carbons (Fsp3) is 0.611. The van der Waals surface area contributed by atoms with Crippen molar-refractivity contribution < 1.29 is 9.90 Å². The molecule has 22 heavy (non-hydrogen) atoms. The van der Waals surface area contributed by atoms with Crippen molar-refractivity contribution in [2.24, 2.45) is 5.41 Å². The predicted molar refractivity (Wildman–Crippen MR) is 88.6 cm³/mol. The zero-order valence-corrected chi connectivity index (χ0v) is 13.6. The number of amides is 1. The van der Waals surface area contributed by atoms with Crippen LogP contribution in [-0.2, 0) is 11.2 Å². The maximum Gasteiger partial charge on any atom is 0.234 e. The Morgan fingerprint density at radius 3 is 2.86 bits per heavy atom. The van der Waals surface area contributed by atoms with E-state index < -0.39 is 0 Å². The SMILES string of the molecule is CC1(CO)CCCN(CC(=O)NCCCc2ccccc2)C1. The molecule has 1 aliphatic rings. The molecule has 1 aliphatic heterocycles. The lowest BCUT2D eigenvalue weighted by molar-refractivity contribution is -0.123. The van der Waals surface area contributed by atoms with Crippen molar-refractivity contribution in [3.63, 3.8) is 0 Å². The van der Waals surface area contributed by atoms with Gasteiger partial charge in [0.05, 0.1) is 6.54 Å². The number of rotatable bonds is 7. The molecule has 1 atom stereocenters. The van der Waals surface area contributed by atoms with Crippen LogP contribution in [0.3, 0.4) is 0 Å². The first-order chi connectivity index (χ1) is 10.6. The molecule has 0 bridgehead atoms. The van der Waals surface area contributed by atoms with Gasteiger partial charge in [0.2, 0.25) is 5.91 Å². The molecule has 0 aromatic heterocycles. The van der Waals surface area contributed by atoms with Gasteiger partial charge in [-0.1, -0.05) is 37.3 Å². The predicted octanol–water partition coefficient (Wildman–Crippen LogP) is 1.83. The number of hydrogen-bond acceptors (Lipinski definition) is 3. The van der Waals surface area contributed by atoms with Crippen LogP contribution in [-0.4, -0.2) is 48.7 Å². The molecule has 4 nitrogen and oxygen atoms in total. The zero-order valence-electron chi connectivity index (χ0n) is 13.6. The molecule has 1 fully saturated rings.